The molecule has 0 bridgehead atoms. The highest BCUT2D eigenvalue weighted by Gasteiger charge is 2.25. The minimum absolute atomic E-state index is 0.322. The van der Waals surface area contributed by atoms with Gasteiger partial charge in [-0.05, 0) is 51.0 Å². The average molecular weight is 295 g/mol. The first kappa shape index (κ1) is 16.8. The summed E-state index contributed by atoms with van der Waals surface area (Å²) < 4.78 is 0. The van der Waals surface area contributed by atoms with Gasteiger partial charge in [-0.1, -0.05) is 13.8 Å². The SMILES string of the molecule is CCCN(CCC)C(=O)CN1CCC(NCC2CC2)CC1. The number of nitrogens with zero attached hydrogens (tertiary/aromatic N) is 2. The molecule has 0 atom stereocenters. The molecule has 21 heavy (non-hydrogen) atoms. The number of amides is 1. The van der Waals surface area contributed by atoms with Gasteiger partial charge in [-0.15, -0.1) is 0 Å². The van der Waals surface area contributed by atoms with Crippen LogP contribution in [0.1, 0.15) is 52.4 Å². The lowest BCUT2D eigenvalue weighted by Gasteiger charge is -2.33. The van der Waals surface area contributed by atoms with Crippen molar-refractivity contribution >= 4 is 5.91 Å². The van der Waals surface area contributed by atoms with Gasteiger partial charge in [0.15, 0.2) is 0 Å². The first-order valence-electron chi connectivity index (χ1n) is 8.96. The lowest BCUT2D eigenvalue weighted by molar-refractivity contribution is -0.132. The van der Waals surface area contributed by atoms with Gasteiger partial charge in [0.05, 0.1) is 6.54 Å². The van der Waals surface area contributed by atoms with Crippen molar-refractivity contribution in [2.75, 3.05) is 39.3 Å². The summed E-state index contributed by atoms with van der Waals surface area (Å²) in [6, 6.07) is 0.680. The summed E-state index contributed by atoms with van der Waals surface area (Å²) in [6.45, 7) is 10.1. The topological polar surface area (TPSA) is 35.6 Å². The van der Waals surface area contributed by atoms with Crippen LogP contribution in [0.5, 0.6) is 0 Å². The number of carbonyl (C=O) groups is 1. The Hall–Kier alpha value is -0.610. The van der Waals surface area contributed by atoms with Gasteiger partial charge in [-0.25, -0.2) is 0 Å². The minimum Gasteiger partial charge on any atom is -0.342 e. The Morgan fingerprint density at radius 1 is 1.10 bits per heavy atom. The first-order valence-corrected chi connectivity index (χ1v) is 8.96. The van der Waals surface area contributed by atoms with Crippen molar-refractivity contribution in [3.63, 3.8) is 0 Å². The van der Waals surface area contributed by atoms with E-state index in [9.17, 15) is 4.79 Å². The highest BCUT2D eigenvalue weighted by atomic mass is 16.2. The van der Waals surface area contributed by atoms with E-state index in [-0.39, 0.29) is 0 Å². The first-order chi connectivity index (χ1) is 10.2. The number of piperidine rings is 1. The zero-order valence-electron chi connectivity index (χ0n) is 13.9. The van der Waals surface area contributed by atoms with E-state index in [0.717, 1.165) is 44.9 Å². The third-order valence-electron chi connectivity index (χ3n) is 4.68. The van der Waals surface area contributed by atoms with E-state index in [4.69, 9.17) is 0 Å². The Morgan fingerprint density at radius 2 is 1.71 bits per heavy atom. The number of hydrogen-bond donors (Lipinski definition) is 1. The van der Waals surface area contributed by atoms with E-state index in [1.54, 1.807) is 0 Å². The molecular weight excluding hydrogens is 262 g/mol. The molecule has 2 aliphatic rings. The number of carbonyl (C=O) groups excluding carboxylic acids is 1. The van der Waals surface area contributed by atoms with Crippen LogP contribution in [0.3, 0.4) is 0 Å². The van der Waals surface area contributed by atoms with Crippen LogP contribution in [0.2, 0.25) is 0 Å². The third kappa shape index (κ3) is 5.95. The summed E-state index contributed by atoms with van der Waals surface area (Å²) in [5.41, 5.74) is 0. The molecular formula is C17H33N3O. The summed E-state index contributed by atoms with van der Waals surface area (Å²) in [4.78, 5) is 16.7. The zero-order valence-corrected chi connectivity index (χ0v) is 13.9. The Bertz CT molecular complexity index is 303. The van der Waals surface area contributed by atoms with E-state index in [1.165, 1.54) is 32.2 Å². The normalized spacial score (nSPS) is 20.7. The quantitative estimate of drug-likeness (QED) is 0.707. The molecule has 0 spiro atoms. The van der Waals surface area contributed by atoms with Gasteiger partial charge >= 0.3 is 0 Å². The van der Waals surface area contributed by atoms with E-state index in [1.807, 2.05) is 4.90 Å². The predicted octanol–water partition coefficient (Wildman–Crippen LogP) is 2.10. The van der Waals surface area contributed by atoms with Crippen molar-refractivity contribution in [3.05, 3.63) is 0 Å². The molecule has 1 aliphatic carbocycles. The van der Waals surface area contributed by atoms with Crippen LogP contribution in [0.15, 0.2) is 0 Å². The summed E-state index contributed by atoms with van der Waals surface area (Å²) in [6.07, 6.45) is 7.34. The Balaban J connectivity index is 1.65. The molecule has 4 nitrogen and oxygen atoms in total. The standard InChI is InChI=1S/C17H33N3O/c1-3-9-20(10-4-2)17(21)14-19-11-7-16(8-12-19)18-13-15-5-6-15/h15-16,18H,3-14H2,1-2H3. The van der Waals surface area contributed by atoms with Crippen LogP contribution in [-0.4, -0.2) is 61.0 Å². The fourth-order valence-corrected chi connectivity index (χ4v) is 3.14. The van der Waals surface area contributed by atoms with Crippen LogP contribution >= 0.6 is 0 Å². The maximum atomic E-state index is 12.4. The Morgan fingerprint density at radius 3 is 2.24 bits per heavy atom. The van der Waals surface area contributed by atoms with Crippen molar-refractivity contribution in [2.24, 2.45) is 5.92 Å². The van der Waals surface area contributed by atoms with Crippen molar-refractivity contribution in [2.45, 2.75) is 58.4 Å². The number of nitrogens with one attached hydrogen (secondary N) is 1. The van der Waals surface area contributed by atoms with Crippen LogP contribution < -0.4 is 5.32 Å². The van der Waals surface area contributed by atoms with Gasteiger partial charge in [0.25, 0.3) is 0 Å². The molecule has 0 aromatic heterocycles. The fraction of sp³-hybridized carbons (Fsp3) is 0.941. The van der Waals surface area contributed by atoms with E-state index in [0.29, 0.717) is 18.5 Å². The number of likely N-dealkylation sites (tertiary alicyclic amines) is 1. The number of rotatable bonds is 9. The summed E-state index contributed by atoms with van der Waals surface area (Å²) in [5.74, 6) is 1.28. The van der Waals surface area contributed by atoms with Crippen molar-refractivity contribution in [3.8, 4) is 0 Å². The van der Waals surface area contributed by atoms with Crippen LogP contribution in [-0.2, 0) is 4.79 Å². The molecule has 1 heterocycles. The Labute approximate surface area is 130 Å². The molecule has 0 unspecified atom stereocenters. The van der Waals surface area contributed by atoms with Crippen molar-refractivity contribution in [1.29, 1.82) is 0 Å². The monoisotopic (exact) mass is 295 g/mol. The molecule has 0 radical (unpaired) electrons. The van der Waals surface area contributed by atoms with E-state index in [2.05, 4.69) is 24.1 Å². The third-order valence-corrected chi connectivity index (χ3v) is 4.68. The second-order valence-corrected chi connectivity index (χ2v) is 6.78. The second kappa shape index (κ2) is 8.74. The molecule has 2 fully saturated rings. The van der Waals surface area contributed by atoms with Crippen LogP contribution in [0, 0.1) is 5.92 Å². The largest absolute Gasteiger partial charge is 0.342 e. The van der Waals surface area contributed by atoms with Crippen LogP contribution in [0.25, 0.3) is 0 Å². The van der Waals surface area contributed by atoms with Gasteiger partial charge in [0, 0.05) is 32.2 Å². The maximum absolute atomic E-state index is 12.4. The lowest BCUT2D eigenvalue weighted by atomic mass is 10.0. The maximum Gasteiger partial charge on any atom is 0.236 e. The second-order valence-electron chi connectivity index (χ2n) is 6.78. The van der Waals surface area contributed by atoms with E-state index >= 15 is 0 Å². The van der Waals surface area contributed by atoms with Crippen LogP contribution in [0.4, 0.5) is 0 Å². The van der Waals surface area contributed by atoms with Crippen molar-refractivity contribution in [1.82, 2.24) is 15.1 Å². The molecule has 1 N–H and O–H groups in total. The molecule has 1 amide bonds. The van der Waals surface area contributed by atoms with Crippen molar-refractivity contribution < 1.29 is 4.79 Å². The van der Waals surface area contributed by atoms with Gasteiger partial charge in [0.1, 0.15) is 0 Å². The van der Waals surface area contributed by atoms with Gasteiger partial charge in [-0.3, -0.25) is 9.69 Å². The molecule has 1 aliphatic heterocycles. The fourth-order valence-electron chi connectivity index (χ4n) is 3.14. The molecule has 0 aromatic rings. The summed E-state index contributed by atoms with van der Waals surface area (Å²) in [7, 11) is 0. The average Bonchev–Trinajstić information content (AvgIpc) is 3.30. The molecule has 4 heteroatoms. The zero-order chi connectivity index (χ0) is 15.1. The predicted molar refractivity (Wildman–Crippen MR) is 87.4 cm³/mol. The molecule has 1 saturated heterocycles. The summed E-state index contributed by atoms with van der Waals surface area (Å²) in [5, 5.41) is 3.70. The highest BCUT2D eigenvalue weighted by molar-refractivity contribution is 5.78. The van der Waals surface area contributed by atoms with Gasteiger partial charge in [-0.2, -0.15) is 0 Å². The molecule has 0 aromatic carbocycles. The highest BCUT2D eigenvalue weighted by Crippen LogP contribution is 2.28. The lowest BCUT2D eigenvalue weighted by Crippen LogP contribution is -2.47. The smallest absolute Gasteiger partial charge is 0.236 e. The van der Waals surface area contributed by atoms with E-state index < -0.39 is 0 Å². The molecule has 2 rings (SSSR count). The van der Waals surface area contributed by atoms with Gasteiger partial charge < -0.3 is 10.2 Å². The number of hydrogen-bond acceptors (Lipinski definition) is 3. The molecule has 1 saturated carbocycles. The summed E-state index contributed by atoms with van der Waals surface area (Å²) >= 11 is 0. The minimum atomic E-state index is 0.322. The van der Waals surface area contributed by atoms with Gasteiger partial charge in [0.2, 0.25) is 5.91 Å². The Kier molecular flexibility index (Phi) is 6.97. The molecule has 122 valence electrons.